The summed E-state index contributed by atoms with van der Waals surface area (Å²) in [5.74, 6) is -2.77. The molecule has 268 valence electrons. The minimum atomic E-state index is -1.07. The van der Waals surface area contributed by atoms with Gasteiger partial charge in [-0.2, -0.15) is 0 Å². The van der Waals surface area contributed by atoms with E-state index in [9.17, 15) is 29.1 Å². The number of carbonyl (C=O) groups is 5. The van der Waals surface area contributed by atoms with Gasteiger partial charge in [0.25, 0.3) is 0 Å². The third kappa shape index (κ3) is 8.98. The van der Waals surface area contributed by atoms with Gasteiger partial charge in [-0.25, -0.2) is 9.59 Å². The van der Waals surface area contributed by atoms with Crippen LogP contribution in [0.5, 0.6) is 0 Å². The van der Waals surface area contributed by atoms with Crippen LogP contribution in [0.3, 0.4) is 0 Å². The van der Waals surface area contributed by atoms with Crippen molar-refractivity contribution < 1.29 is 57.5 Å². The van der Waals surface area contributed by atoms with Gasteiger partial charge in [0.05, 0.1) is 23.3 Å². The first-order valence-electron chi connectivity index (χ1n) is 15.2. The Labute approximate surface area is 307 Å². The molecule has 0 amide bonds. The summed E-state index contributed by atoms with van der Waals surface area (Å²) >= 11 is 24.0. The summed E-state index contributed by atoms with van der Waals surface area (Å²) in [7, 11) is 0. The van der Waals surface area contributed by atoms with E-state index in [1.165, 1.54) is 32.9 Å². The standard InChI is InChI=1S/C16H14Cl2O5.C14H12Cl2O4.C4H6O3/c1-9(19)22-14-13(11-4-3-10(17)7-12(11)18)15(20)23-16(14)5-2-6-21-8-16;15-8-2-3-9(10(16)6-8)11-12(17)14(20-13(11)18)4-1-5-19-7-14;1-3(5)7-4(2)6/h3-4,7H,2,5-6,8H2,1H3;2-3,6,17H,1,4-5,7H2;1-2H3. The molecular formula is C34H32Cl4O12. The van der Waals surface area contributed by atoms with Gasteiger partial charge in [-0.3, -0.25) is 14.4 Å². The molecule has 2 unspecified atom stereocenters. The molecule has 2 aromatic rings. The van der Waals surface area contributed by atoms with E-state index >= 15 is 0 Å². The molecule has 0 aromatic heterocycles. The molecule has 0 radical (unpaired) electrons. The molecule has 2 fully saturated rings. The fourth-order valence-electron chi connectivity index (χ4n) is 5.61. The lowest BCUT2D eigenvalue weighted by Gasteiger charge is -2.32. The normalized spacial score (nSPS) is 22.6. The zero-order valence-electron chi connectivity index (χ0n) is 27.1. The Morgan fingerprint density at radius 2 is 1.16 bits per heavy atom. The first-order chi connectivity index (χ1) is 23.6. The van der Waals surface area contributed by atoms with E-state index in [1.807, 2.05) is 0 Å². The van der Waals surface area contributed by atoms with Crippen LogP contribution in [-0.4, -0.2) is 72.6 Å². The number of halogens is 4. The van der Waals surface area contributed by atoms with Gasteiger partial charge in [-0.15, -0.1) is 0 Å². The van der Waals surface area contributed by atoms with E-state index in [4.69, 9.17) is 70.1 Å². The van der Waals surface area contributed by atoms with Crippen molar-refractivity contribution in [2.75, 3.05) is 26.4 Å². The van der Waals surface area contributed by atoms with Crippen LogP contribution in [0.4, 0.5) is 0 Å². The van der Waals surface area contributed by atoms with Crippen molar-refractivity contribution in [3.63, 3.8) is 0 Å². The van der Waals surface area contributed by atoms with E-state index in [2.05, 4.69) is 4.74 Å². The van der Waals surface area contributed by atoms with Crippen molar-refractivity contribution in [3.8, 4) is 0 Å². The van der Waals surface area contributed by atoms with E-state index in [0.29, 0.717) is 58.7 Å². The molecule has 4 aliphatic heterocycles. The third-order valence-corrected chi connectivity index (χ3v) is 8.73. The SMILES string of the molecule is CC(=O)OC(C)=O.CC(=O)OC1=C(c2ccc(Cl)cc2Cl)C(=O)OC12CCCOC2.O=C1OC2(CCCOC2)C(O)=C1c1ccc(Cl)cc1Cl. The first kappa shape index (κ1) is 39.1. The quantitative estimate of drug-likeness (QED) is 0.197. The molecule has 2 aromatic carbocycles. The van der Waals surface area contributed by atoms with Crippen molar-refractivity contribution in [1.29, 1.82) is 0 Å². The smallest absolute Gasteiger partial charge is 0.343 e. The van der Waals surface area contributed by atoms with E-state index in [-0.39, 0.29) is 40.9 Å². The Kier molecular flexibility index (Phi) is 13.0. The van der Waals surface area contributed by atoms with Gasteiger partial charge in [-0.1, -0.05) is 58.5 Å². The Hall–Kier alpha value is -3.65. The van der Waals surface area contributed by atoms with Gasteiger partial charge >= 0.3 is 29.8 Å². The molecular weight excluding hydrogens is 742 g/mol. The zero-order chi connectivity index (χ0) is 36.8. The van der Waals surface area contributed by atoms with Crippen LogP contribution in [0.1, 0.15) is 57.6 Å². The van der Waals surface area contributed by atoms with Crippen molar-refractivity contribution >= 4 is 87.4 Å². The second-order valence-electron chi connectivity index (χ2n) is 11.4. The molecule has 4 aliphatic rings. The summed E-state index contributed by atoms with van der Waals surface area (Å²) in [5.41, 5.74) is -1.06. The summed E-state index contributed by atoms with van der Waals surface area (Å²) in [6.07, 6.45) is 2.48. The summed E-state index contributed by atoms with van der Waals surface area (Å²) in [4.78, 5) is 55.7. The van der Waals surface area contributed by atoms with Gasteiger partial charge in [0, 0.05) is 55.2 Å². The molecule has 6 rings (SSSR count). The molecule has 2 spiro atoms. The van der Waals surface area contributed by atoms with Crippen molar-refractivity contribution in [2.45, 2.75) is 57.7 Å². The molecule has 0 aliphatic carbocycles. The van der Waals surface area contributed by atoms with E-state index in [1.54, 1.807) is 24.3 Å². The average Bonchev–Trinajstić information content (AvgIpc) is 3.41. The Morgan fingerprint density at radius 1 is 0.700 bits per heavy atom. The summed E-state index contributed by atoms with van der Waals surface area (Å²) in [6.45, 7) is 5.12. The molecule has 4 heterocycles. The highest BCUT2D eigenvalue weighted by atomic mass is 35.5. The fourth-order valence-corrected chi connectivity index (χ4v) is 6.61. The maximum Gasteiger partial charge on any atom is 0.343 e. The largest absolute Gasteiger partial charge is 0.507 e. The van der Waals surface area contributed by atoms with Crippen LogP contribution in [0.25, 0.3) is 11.1 Å². The summed E-state index contributed by atoms with van der Waals surface area (Å²) < 4.78 is 31.0. The highest BCUT2D eigenvalue weighted by Gasteiger charge is 2.52. The molecule has 16 heteroatoms. The van der Waals surface area contributed by atoms with Crippen LogP contribution >= 0.6 is 46.4 Å². The summed E-state index contributed by atoms with van der Waals surface area (Å²) in [5, 5.41) is 11.9. The van der Waals surface area contributed by atoms with Crippen LogP contribution < -0.4 is 0 Å². The molecule has 0 saturated carbocycles. The maximum atomic E-state index is 12.5. The van der Waals surface area contributed by atoms with Gasteiger partial charge in [0.2, 0.25) is 0 Å². The average molecular weight is 774 g/mol. The first-order valence-corrected chi connectivity index (χ1v) is 16.7. The molecule has 2 saturated heterocycles. The predicted molar refractivity (Wildman–Crippen MR) is 181 cm³/mol. The molecule has 1 N–H and O–H groups in total. The second kappa shape index (κ2) is 16.6. The number of ether oxygens (including phenoxy) is 6. The van der Waals surface area contributed by atoms with Gasteiger partial charge in [-0.05, 0) is 49.9 Å². The molecule has 2 atom stereocenters. The molecule has 50 heavy (non-hydrogen) atoms. The van der Waals surface area contributed by atoms with Crippen LogP contribution in [0, 0.1) is 0 Å². The highest BCUT2D eigenvalue weighted by molar-refractivity contribution is 6.38. The van der Waals surface area contributed by atoms with E-state index < -0.39 is 41.0 Å². The minimum Gasteiger partial charge on any atom is -0.507 e. The topological polar surface area (TPSA) is 161 Å². The lowest BCUT2D eigenvalue weighted by molar-refractivity contribution is -0.164. The van der Waals surface area contributed by atoms with Crippen molar-refractivity contribution in [1.82, 2.24) is 0 Å². The Morgan fingerprint density at radius 3 is 1.58 bits per heavy atom. The van der Waals surface area contributed by atoms with Gasteiger partial charge < -0.3 is 33.5 Å². The lowest BCUT2D eigenvalue weighted by atomic mass is 9.91. The van der Waals surface area contributed by atoms with Crippen molar-refractivity contribution in [2.24, 2.45) is 0 Å². The number of carbonyl (C=O) groups excluding carboxylic acids is 5. The van der Waals surface area contributed by atoms with Crippen LogP contribution in [0.2, 0.25) is 20.1 Å². The van der Waals surface area contributed by atoms with Crippen molar-refractivity contribution in [3.05, 3.63) is 79.1 Å². The molecule has 0 bridgehead atoms. The highest BCUT2D eigenvalue weighted by Crippen LogP contribution is 2.45. The fraction of sp³-hybridized carbons (Fsp3) is 0.382. The van der Waals surface area contributed by atoms with E-state index in [0.717, 1.165) is 6.42 Å². The maximum absolute atomic E-state index is 12.5. The monoisotopic (exact) mass is 772 g/mol. The van der Waals surface area contributed by atoms with Crippen LogP contribution in [-0.2, 0) is 52.4 Å². The number of aliphatic hydroxyl groups excluding tert-OH is 1. The minimum absolute atomic E-state index is 0.0946. The number of benzene rings is 2. The molecule has 12 nitrogen and oxygen atoms in total. The van der Waals surface area contributed by atoms with Gasteiger partial charge in [0.1, 0.15) is 11.1 Å². The number of rotatable bonds is 3. The number of hydrogen-bond donors (Lipinski definition) is 1. The number of aliphatic hydroxyl groups is 1. The number of esters is 5. The third-order valence-electron chi connectivity index (χ3n) is 7.64. The van der Waals surface area contributed by atoms with Crippen LogP contribution in [0.15, 0.2) is 47.9 Å². The number of hydrogen-bond acceptors (Lipinski definition) is 12. The Balaban J connectivity index is 0.000000191. The zero-order valence-corrected chi connectivity index (χ0v) is 30.1. The second-order valence-corrected chi connectivity index (χ2v) is 13.1. The van der Waals surface area contributed by atoms with Gasteiger partial charge in [0.15, 0.2) is 22.7 Å². The lowest BCUT2D eigenvalue weighted by Crippen LogP contribution is -2.42. The Bertz CT molecular complexity index is 1740. The summed E-state index contributed by atoms with van der Waals surface area (Å²) in [6, 6.07) is 9.46. The predicted octanol–water partition coefficient (Wildman–Crippen LogP) is 6.84.